The molecule has 0 saturated heterocycles. The number of para-hydroxylation sites is 3. The number of fused-ring (bicyclic) bond motifs is 6. The quantitative estimate of drug-likeness (QED) is 0.274. The number of nitrogens with zero attached hydrogens (tertiary/aromatic N) is 1. The first-order valence-electron chi connectivity index (χ1n) is 8.90. The highest BCUT2D eigenvalue weighted by Crippen LogP contribution is 2.40. The van der Waals surface area contributed by atoms with E-state index in [1.165, 1.54) is 21.8 Å². The number of halogens is 1. The van der Waals surface area contributed by atoms with Crippen molar-refractivity contribution in [3.8, 4) is 5.69 Å². The summed E-state index contributed by atoms with van der Waals surface area (Å²) in [5.41, 5.74) is 5.36. The zero-order valence-electron chi connectivity index (χ0n) is 14.3. The molecular weight excluding hydrogens is 398 g/mol. The second kappa shape index (κ2) is 5.48. The maximum absolute atomic E-state index is 6.13. The Morgan fingerprint density at radius 2 is 1.41 bits per heavy atom. The van der Waals surface area contributed by atoms with Crippen LogP contribution in [0.5, 0.6) is 0 Å². The number of rotatable bonds is 1. The highest BCUT2D eigenvalue weighted by molar-refractivity contribution is 9.10. The molecule has 0 spiro atoms. The summed E-state index contributed by atoms with van der Waals surface area (Å²) >= 11 is 3.76. The van der Waals surface area contributed by atoms with Gasteiger partial charge in [-0.05, 0) is 52.3 Å². The molecule has 4 aromatic carbocycles. The van der Waals surface area contributed by atoms with Gasteiger partial charge in [0, 0.05) is 31.7 Å². The van der Waals surface area contributed by atoms with E-state index >= 15 is 0 Å². The third kappa shape index (κ3) is 2.06. The summed E-state index contributed by atoms with van der Waals surface area (Å²) in [5.74, 6) is 0. The number of aromatic nitrogens is 1. The van der Waals surface area contributed by atoms with Crippen molar-refractivity contribution in [3.63, 3.8) is 0 Å². The molecular formula is C24H14BrNO. The molecule has 2 aromatic heterocycles. The zero-order chi connectivity index (χ0) is 18.0. The molecule has 0 fully saturated rings. The topological polar surface area (TPSA) is 18.1 Å². The molecule has 0 amide bonds. The average molecular weight is 412 g/mol. The minimum Gasteiger partial charge on any atom is -0.456 e. The minimum atomic E-state index is 0.927. The smallest absolute Gasteiger partial charge is 0.136 e. The summed E-state index contributed by atoms with van der Waals surface area (Å²) in [6.45, 7) is 0. The SMILES string of the molecule is Brc1cccc2c3cc4oc5ccccc5c4cc3n(-c3ccccc3)c12. The van der Waals surface area contributed by atoms with Crippen LogP contribution < -0.4 is 0 Å². The molecule has 0 saturated carbocycles. The molecule has 0 aliphatic carbocycles. The summed E-state index contributed by atoms with van der Waals surface area (Å²) in [7, 11) is 0. The zero-order valence-corrected chi connectivity index (χ0v) is 15.9. The second-order valence-corrected chi connectivity index (χ2v) is 7.63. The van der Waals surface area contributed by atoms with E-state index < -0.39 is 0 Å². The number of furan rings is 1. The van der Waals surface area contributed by atoms with Gasteiger partial charge in [0.15, 0.2) is 0 Å². The van der Waals surface area contributed by atoms with Crippen molar-refractivity contribution in [2.24, 2.45) is 0 Å². The monoisotopic (exact) mass is 411 g/mol. The predicted molar refractivity (Wildman–Crippen MR) is 116 cm³/mol. The summed E-state index contributed by atoms with van der Waals surface area (Å²) in [5, 5.41) is 4.71. The largest absolute Gasteiger partial charge is 0.456 e. The Morgan fingerprint density at radius 1 is 0.630 bits per heavy atom. The van der Waals surface area contributed by atoms with Crippen LogP contribution >= 0.6 is 15.9 Å². The fourth-order valence-corrected chi connectivity index (χ4v) is 4.63. The van der Waals surface area contributed by atoms with Gasteiger partial charge in [-0.3, -0.25) is 0 Å². The summed E-state index contributed by atoms with van der Waals surface area (Å²) in [6, 6.07) is 29.5. The predicted octanol–water partition coefficient (Wildman–Crippen LogP) is 7.45. The maximum atomic E-state index is 6.13. The van der Waals surface area contributed by atoms with Crippen LogP contribution in [0, 0.1) is 0 Å². The Bertz CT molecular complexity index is 1470. The van der Waals surface area contributed by atoms with E-state index in [4.69, 9.17) is 4.42 Å². The van der Waals surface area contributed by atoms with Gasteiger partial charge in [0.1, 0.15) is 11.2 Å². The normalized spacial score (nSPS) is 11.9. The van der Waals surface area contributed by atoms with Crippen molar-refractivity contribution in [1.29, 1.82) is 0 Å². The number of hydrogen-bond acceptors (Lipinski definition) is 1. The first-order valence-corrected chi connectivity index (χ1v) is 9.70. The molecule has 0 atom stereocenters. The lowest BCUT2D eigenvalue weighted by Crippen LogP contribution is -1.93. The van der Waals surface area contributed by atoms with Crippen LogP contribution in [0.4, 0.5) is 0 Å². The lowest BCUT2D eigenvalue weighted by Gasteiger charge is -2.08. The second-order valence-electron chi connectivity index (χ2n) is 6.77. The Hall–Kier alpha value is -3.04. The fourth-order valence-electron chi connectivity index (χ4n) is 4.09. The minimum absolute atomic E-state index is 0.927. The molecule has 128 valence electrons. The van der Waals surface area contributed by atoms with Crippen molar-refractivity contribution >= 4 is 59.7 Å². The van der Waals surface area contributed by atoms with E-state index in [1.54, 1.807) is 0 Å². The number of benzene rings is 4. The summed E-state index contributed by atoms with van der Waals surface area (Å²) in [4.78, 5) is 0. The van der Waals surface area contributed by atoms with Crippen LogP contribution in [0.3, 0.4) is 0 Å². The standard InChI is InChI=1S/C24H14BrNO/c25-20-11-6-10-17-18-14-23-19(16-9-4-5-12-22(16)27-23)13-21(18)26(24(17)20)15-7-2-1-3-8-15/h1-14H. The van der Waals surface area contributed by atoms with Crippen LogP contribution in [-0.4, -0.2) is 4.57 Å². The van der Waals surface area contributed by atoms with E-state index in [1.807, 2.05) is 18.2 Å². The third-order valence-corrected chi connectivity index (χ3v) is 5.89. The molecule has 0 radical (unpaired) electrons. The van der Waals surface area contributed by atoms with Gasteiger partial charge < -0.3 is 8.98 Å². The van der Waals surface area contributed by atoms with Crippen molar-refractivity contribution in [1.82, 2.24) is 4.57 Å². The van der Waals surface area contributed by atoms with E-state index in [0.717, 1.165) is 32.1 Å². The van der Waals surface area contributed by atoms with Crippen molar-refractivity contribution in [2.75, 3.05) is 0 Å². The molecule has 2 nitrogen and oxygen atoms in total. The van der Waals surface area contributed by atoms with Gasteiger partial charge in [-0.2, -0.15) is 0 Å². The molecule has 6 aromatic rings. The van der Waals surface area contributed by atoms with E-state index in [0.29, 0.717) is 0 Å². The molecule has 0 bridgehead atoms. The first-order chi connectivity index (χ1) is 13.3. The van der Waals surface area contributed by atoms with Crippen molar-refractivity contribution in [3.05, 3.63) is 89.4 Å². The van der Waals surface area contributed by atoms with Gasteiger partial charge in [0.05, 0.1) is 11.0 Å². The third-order valence-electron chi connectivity index (χ3n) is 5.25. The van der Waals surface area contributed by atoms with Gasteiger partial charge in [0.25, 0.3) is 0 Å². The molecule has 3 heteroatoms. The lowest BCUT2D eigenvalue weighted by molar-refractivity contribution is 0.669. The van der Waals surface area contributed by atoms with Crippen LogP contribution in [-0.2, 0) is 0 Å². The molecule has 27 heavy (non-hydrogen) atoms. The molecule has 0 aliphatic heterocycles. The van der Waals surface area contributed by atoms with E-state index in [2.05, 4.69) is 87.2 Å². The average Bonchev–Trinajstić information content (AvgIpc) is 3.23. The molecule has 0 aliphatic rings. The van der Waals surface area contributed by atoms with Crippen LogP contribution in [0.15, 0.2) is 93.8 Å². The first kappa shape index (κ1) is 15.1. The summed E-state index contributed by atoms with van der Waals surface area (Å²) in [6.07, 6.45) is 0. The summed E-state index contributed by atoms with van der Waals surface area (Å²) < 4.78 is 9.55. The Balaban J connectivity index is 1.88. The fraction of sp³-hybridized carbons (Fsp3) is 0. The van der Waals surface area contributed by atoms with E-state index in [9.17, 15) is 0 Å². The van der Waals surface area contributed by atoms with Crippen LogP contribution in [0.1, 0.15) is 0 Å². The molecule has 0 unspecified atom stereocenters. The highest BCUT2D eigenvalue weighted by atomic mass is 79.9. The lowest BCUT2D eigenvalue weighted by atomic mass is 10.1. The molecule has 6 rings (SSSR count). The Kier molecular flexibility index (Phi) is 3.06. The van der Waals surface area contributed by atoms with Gasteiger partial charge in [-0.15, -0.1) is 0 Å². The molecule has 2 heterocycles. The van der Waals surface area contributed by atoms with Crippen molar-refractivity contribution in [2.45, 2.75) is 0 Å². The van der Waals surface area contributed by atoms with Crippen LogP contribution in [0.25, 0.3) is 49.4 Å². The highest BCUT2D eigenvalue weighted by Gasteiger charge is 2.17. The van der Waals surface area contributed by atoms with Gasteiger partial charge in [-0.1, -0.05) is 48.5 Å². The van der Waals surface area contributed by atoms with Gasteiger partial charge in [-0.25, -0.2) is 0 Å². The maximum Gasteiger partial charge on any atom is 0.136 e. The Labute approximate surface area is 163 Å². The number of hydrogen-bond donors (Lipinski definition) is 0. The van der Waals surface area contributed by atoms with Gasteiger partial charge in [0.2, 0.25) is 0 Å². The Morgan fingerprint density at radius 3 is 2.30 bits per heavy atom. The molecule has 0 N–H and O–H groups in total. The van der Waals surface area contributed by atoms with Gasteiger partial charge >= 0.3 is 0 Å². The van der Waals surface area contributed by atoms with E-state index in [-0.39, 0.29) is 0 Å². The van der Waals surface area contributed by atoms with Crippen molar-refractivity contribution < 1.29 is 4.42 Å². The van der Waals surface area contributed by atoms with Crippen LogP contribution in [0.2, 0.25) is 0 Å².